The number of terminal acetylenes is 12. The largest absolute Gasteiger partial charge is 0.366 e. The molecule has 0 aliphatic rings. The highest BCUT2D eigenvalue weighted by molar-refractivity contribution is 8.02. The van der Waals surface area contributed by atoms with Crippen molar-refractivity contribution < 1.29 is 76.0 Å². The topological polar surface area (TPSA) is 227 Å². The molecule has 504 valence electrons. The molecule has 0 aliphatic heterocycles. The smallest absolute Gasteiger partial charge is 0.221 e. The molecule has 0 aromatic rings. The summed E-state index contributed by atoms with van der Waals surface area (Å²) in [5.74, 6) is 30.8. The van der Waals surface area contributed by atoms with Crippen molar-refractivity contribution in [1.82, 2.24) is 21.3 Å². The Bertz CT molecular complexity index is 2130. The Morgan fingerprint density at radius 3 is 0.495 bits per heavy atom. The summed E-state index contributed by atoms with van der Waals surface area (Å²) in [4.78, 5) is 55.9. The zero-order chi connectivity index (χ0) is 68.9. The van der Waals surface area contributed by atoms with Gasteiger partial charge in [0.1, 0.15) is 101 Å². The van der Waals surface area contributed by atoms with Gasteiger partial charge in [-0.05, 0) is 0 Å². The van der Waals surface area contributed by atoms with Gasteiger partial charge in [-0.2, -0.15) is 47.0 Å². The molecule has 24 heteroatoms. The van der Waals surface area contributed by atoms with Crippen LogP contribution in [-0.2, 0) is 76.0 Å². The molecular weight excluding hydrogens is 1270 g/mol. The fourth-order valence-corrected chi connectivity index (χ4v) is 13.7. The minimum Gasteiger partial charge on any atom is -0.366 e. The molecule has 4 amide bonds. The van der Waals surface area contributed by atoms with Crippen LogP contribution in [0.4, 0.5) is 0 Å². The van der Waals surface area contributed by atoms with Gasteiger partial charge in [0.15, 0.2) is 0 Å². The van der Waals surface area contributed by atoms with Gasteiger partial charge in [-0.15, -0.1) is 77.1 Å². The molecule has 0 atom stereocenters. The zero-order valence-corrected chi connectivity index (χ0v) is 56.3. The third-order valence-electron chi connectivity index (χ3n) is 11.9. The molecule has 93 heavy (non-hydrogen) atoms. The van der Waals surface area contributed by atoms with E-state index in [-0.39, 0.29) is 208 Å². The monoisotopic (exact) mass is 1360 g/mol. The van der Waals surface area contributed by atoms with Crippen LogP contribution in [-0.4, -0.2) is 250 Å². The zero-order valence-electron chi connectivity index (χ0n) is 53.0. The molecule has 0 heterocycles. The fourth-order valence-electron chi connectivity index (χ4n) is 8.09. The summed E-state index contributed by atoms with van der Waals surface area (Å²) in [6.07, 6.45) is 66.0. The molecule has 0 aromatic heterocycles. The second-order valence-corrected chi connectivity index (χ2v) is 24.8. The van der Waals surface area contributed by atoms with Crippen molar-refractivity contribution in [2.45, 2.75) is 47.8 Å². The maximum atomic E-state index is 14.0. The number of carbonyl (C=O) groups excluding carboxylic acids is 4. The van der Waals surface area contributed by atoms with Gasteiger partial charge in [-0.25, -0.2) is 0 Å². The first-order chi connectivity index (χ1) is 45.1. The Balaban J connectivity index is 7.51. The van der Waals surface area contributed by atoms with E-state index in [2.05, 4.69) is 92.3 Å². The van der Waals surface area contributed by atoms with Crippen molar-refractivity contribution in [3.8, 4) is 148 Å². The summed E-state index contributed by atoms with van der Waals surface area (Å²) in [7, 11) is 0. The highest BCUT2D eigenvalue weighted by Gasteiger charge is 2.38. The quantitative estimate of drug-likeness (QED) is 0.0502. The van der Waals surface area contributed by atoms with Crippen molar-refractivity contribution in [2.24, 2.45) is 5.41 Å². The van der Waals surface area contributed by atoms with E-state index in [1.54, 1.807) is 0 Å². The van der Waals surface area contributed by atoms with Crippen molar-refractivity contribution >= 4 is 70.7 Å². The predicted octanol–water partition coefficient (Wildman–Crippen LogP) is 1.68. The van der Waals surface area contributed by atoms with Gasteiger partial charge >= 0.3 is 0 Å². The molecule has 0 spiro atoms. The molecule has 0 aliphatic carbocycles. The maximum absolute atomic E-state index is 14.0. The number of thioether (sulfide) groups is 4. The number of nitrogens with one attached hydrogen (secondary N) is 4. The molecule has 4 N–H and O–H groups in total. The van der Waals surface area contributed by atoms with E-state index in [4.69, 9.17) is 134 Å². The standard InChI is InChI=1S/C69H88N4O16S4/c1-13-29-78-45-66(46-79-30-14-2,47-80-31-15-3)70-61(74)25-41-90-57-65(58-91-42-26-62(75)71-67(48-81-32-16-4,49-82-33-17-5)50-83-34-18-6,59-92-43-27-63(76)72-68(51-84-35-19-7,52-85-36-20-8)53-86-37-21-9)60-93-44-28-64(77)73-69(54-87-38-22-10,55-88-39-23-11)56-89-40-24-12/h1-12H,25-60H2,(H,70,74)(H,71,75)(H,72,76)(H,73,77). The Morgan fingerprint density at radius 2 is 0.376 bits per heavy atom. The Kier molecular flexibility index (Phi) is 53.0. The summed E-state index contributed by atoms with van der Waals surface area (Å²) >= 11 is 6.07. The summed E-state index contributed by atoms with van der Waals surface area (Å²) in [5, 5.41) is 12.1. The van der Waals surface area contributed by atoms with E-state index in [1.165, 1.54) is 47.0 Å². The molecule has 0 saturated heterocycles. The van der Waals surface area contributed by atoms with E-state index in [9.17, 15) is 19.2 Å². The summed E-state index contributed by atoms with van der Waals surface area (Å²) in [5.41, 5.74) is -5.45. The molecule has 0 fully saturated rings. The van der Waals surface area contributed by atoms with E-state index >= 15 is 0 Å². The van der Waals surface area contributed by atoms with Gasteiger partial charge < -0.3 is 78.1 Å². The maximum Gasteiger partial charge on any atom is 0.221 e. The van der Waals surface area contributed by atoms with Gasteiger partial charge in [0.25, 0.3) is 0 Å². The molecule has 0 saturated carbocycles. The van der Waals surface area contributed by atoms with E-state index in [1.807, 2.05) is 0 Å². The minimum atomic E-state index is -1.21. The van der Waals surface area contributed by atoms with Crippen molar-refractivity contribution in [2.75, 3.05) is 205 Å². The highest BCUT2D eigenvalue weighted by atomic mass is 32.2. The number of hydrogen-bond donors (Lipinski definition) is 4. The second-order valence-electron chi connectivity index (χ2n) is 20.4. The summed E-state index contributed by atoms with van der Waals surface area (Å²) in [6, 6.07) is 0. The van der Waals surface area contributed by atoms with Crippen LogP contribution in [0.25, 0.3) is 0 Å². The molecule has 0 aromatic carbocycles. The van der Waals surface area contributed by atoms with Crippen LogP contribution in [0.2, 0.25) is 0 Å². The van der Waals surface area contributed by atoms with Gasteiger partial charge in [0.2, 0.25) is 23.6 Å². The molecule has 0 bridgehead atoms. The van der Waals surface area contributed by atoms with E-state index < -0.39 is 27.6 Å². The molecule has 0 radical (unpaired) electrons. The number of ether oxygens (including phenoxy) is 12. The third-order valence-corrected chi connectivity index (χ3v) is 17.1. The lowest BCUT2D eigenvalue weighted by Gasteiger charge is -2.35. The first kappa shape index (κ1) is 86.5. The SMILES string of the molecule is C#CCOCC(COCC#C)(COCC#C)NC(=O)CCSCC(CSCCC(=O)NC(COCC#C)(COCC#C)COCC#C)(CSCCC(=O)NC(COCC#C)(COCC#C)COCC#C)CSCCC(=O)NC(COCC#C)(COCC#C)COCC#C. The second kappa shape index (κ2) is 57.0. The molecule has 20 nitrogen and oxygen atoms in total. The van der Waals surface area contributed by atoms with Crippen LogP contribution in [0.1, 0.15) is 25.7 Å². The van der Waals surface area contributed by atoms with Gasteiger partial charge in [-0.1, -0.05) is 71.0 Å². The van der Waals surface area contributed by atoms with Crippen molar-refractivity contribution in [1.29, 1.82) is 0 Å². The Hall–Kier alpha value is -6.48. The van der Waals surface area contributed by atoms with Crippen LogP contribution in [0, 0.1) is 154 Å². The number of hydrogen-bond acceptors (Lipinski definition) is 20. The molecule has 0 unspecified atom stereocenters. The van der Waals surface area contributed by atoms with Crippen LogP contribution in [0.5, 0.6) is 0 Å². The molecular formula is C69H88N4O16S4. The van der Waals surface area contributed by atoms with Crippen molar-refractivity contribution in [3.63, 3.8) is 0 Å². The van der Waals surface area contributed by atoms with Crippen LogP contribution in [0.3, 0.4) is 0 Å². The fraction of sp³-hybridized carbons (Fsp3) is 0.594. The van der Waals surface area contributed by atoms with E-state index in [0.717, 1.165) is 0 Å². The molecule has 0 rings (SSSR count). The average Bonchev–Trinajstić information content (AvgIpc) is 1.18. The van der Waals surface area contributed by atoms with E-state index in [0.29, 0.717) is 46.0 Å². The van der Waals surface area contributed by atoms with Crippen molar-refractivity contribution in [3.05, 3.63) is 0 Å². The number of amides is 4. The van der Waals surface area contributed by atoms with Gasteiger partial charge in [0, 0.05) is 77.1 Å². The lowest BCUT2D eigenvalue weighted by Crippen LogP contribution is -2.58. The Labute approximate surface area is 570 Å². The van der Waals surface area contributed by atoms with Gasteiger partial charge in [0.05, 0.1) is 79.3 Å². The number of carbonyl (C=O) groups is 4. The summed E-state index contributed by atoms with van der Waals surface area (Å²) < 4.78 is 68.5. The van der Waals surface area contributed by atoms with Crippen LogP contribution >= 0.6 is 47.0 Å². The normalized spacial score (nSPS) is 11.1. The highest BCUT2D eigenvalue weighted by Crippen LogP contribution is 2.36. The minimum absolute atomic E-state index is 0.0324. The first-order valence-electron chi connectivity index (χ1n) is 28.8. The Morgan fingerprint density at radius 1 is 0.247 bits per heavy atom. The first-order valence-corrected chi connectivity index (χ1v) is 33.5. The lowest BCUT2D eigenvalue weighted by molar-refractivity contribution is -0.127. The summed E-state index contributed by atoms with van der Waals surface area (Å²) in [6.45, 7) is -1.57. The average molecular weight is 1360 g/mol. The van der Waals surface area contributed by atoms with Crippen LogP contribution < -0.4 is 21.3 Å². The number of rotatable bonds is 60. The lowest BCUT2D eigenvalue weighted by atomic mass is 9.99. The van der Waals surface area contributed by atoms with Crippen LogP contribution in [0.15, 0.2) is 0 Å². The van der Waals surface area contributed by atoms with Gasteiger partial charge in [-0.3, -0.25) is 19.2 Å². The third kappa shape index (κ3) is 43.2. The predicted molar refractivity (Wildman–Crippen MR) is 370 cm³/mol.